The van der Waals surface area contributed by atoms with Crippen molar-refractivity contribution in [3.8, 4) is 22.9 Å². The van der Waals surface area contributed by atoms with E-state index in [1.807, 2.05) is 61.5 Å². The SMILES string of the molecule is Cc1nc(-c2ccc3c(Oc4cccc(NCc5ccncc5)c4C)ccnc3c2)no1. The third kappa shape index (κ3) is 4.00. The number of hydrogen-bond donors (Lipinski definition) is 1. The van der Waals surface area contributed by atoms with Gasteiger partial charge in [0.15, 0.2) is 0 Å². The minimum Gasteiger partial charge on any atom is -0.456 e. The predicted molar refractivity (Wildman–Crippen MR) is 123 cm³/mol. The molecule has 0 bridgehead atoms. The van der Waals surface area contributed by atoms with Crippen LogP contribution in [0.2, 0.25) is 0 Å². The molecule has 0 atom stereocenters. The van der Waals surface area contributed by atoms with E-state index in [9.17, 15) is 0 Å². The summed E-state index contributed by atoms with van der Waals surface area (Å²) in [6.45, 7) is 4.53. The van der Waals surface area contributed by atoms with Crippen LogP contribution >= 0.6 is 0 Å². The van der Waals surface area contributed by atoms with Crippen LogP contribution in [-0.4, -0.2) is 20.1 Å². The van der Waals surface area contributed by atoms with Crippen molar-refractivity contribution < 1.29 is 9.26 Å². The lowest BCUT2D eigenvalue weighted by Gasteiger charge is -2.15. The summed E-state index contributed by atoms with van der Waals surface area (Å²) >= 11 is 0. The lowest BCUT2D eigenvalue weighted by atomic mass is 10.1. The van der Waals surface area contributed by atoms with Crippen LogP contribution in [0.25, 0.3) is 22.3 Å². The zero-order valence-electron chi connectivity index (χ0n) is 17.7. The fourth-order valence-electron chi connectivity index (χ4n) is 3.50. The van der Waals surface area contributed by atoms with Gasteiger partial charge in [0.1, 0.15) is 11.5 Å². The van der Waals surface area contributed by atoms with Gasteiger partial charge in [-0.3, -0.25) is 9.97 Å². The van der Waals surface area contributed by atoms with Gasteiger partial charge < -0.3 is 14.6 Å². The summed E-state index contributed by atoms with van der Waals surface area (Å²) in [5.74, 6) is 2.59. The molecule has 7 heteroatoms. The second-order valence-electron chi connectivity index (χ2n) is 7.42. The van der Waals surface area contributed by atoms with E-state index in [4.69, 9.17) is 9.26 Å². The third-order valence-electron chi connectivity index (χ3n) is 5.22. The molecule has 0 aliphatic carbocycles. The molecule has 32 heavy (non-hydrogen) atoms. The van der Waals surface area contributed by atoms with Crippen molar-refractivity contribution in [2.75, 3.05) is 5.32 Å². The number of nitrogens with one attached hydrogen (secondary N) is 1. The highest BCUT2D eigenvalue weighted by atomic mass is 16.5. The van der Waals surface area contributed by atoms with Gasteiger partial charge in [0.05, 0.1) is 5.52 Å². The summed E-state index contributed by atoms with van der Waals surface area (Å²) in [6, 6.07) is 17.7. The van der Waals surface area contributed by atoms with E-state index in [1.54, 1.807) is 25.5 Å². The highest BCUT2D eigenvalue weighted by Gasteiger charge is 2.12. The van der Waals surface area contributed by atoms with Crippen LogP contribution in [0.4, 0.5) is 5.69 Å². The van der Waals surface area contributed by atoms with Gasteiger partial charge in [-0.15, -0.1) is 0 Å². The van der Waals surface area contributed by atoms with E-state index in [1.165, 1.54) is 5.56 Å². The van der Waals surface area contributed by atoms with Crippen molar-refractivity contribution in [1.29, 1.82) is 0 Å². The number of anilines is 1. The van der Waals surface area contributed by atoms with E-state index < -0.39 is 0 Å². The zero-order valence-corrected chi connectivity index (χ0v) is 17.7. The second-order valence-corrected chi connectivity index (χ2v) is 7.42. The van der Waals surface area contributed by atoms with Crippen molar-refractivity contribution in [3.05, 3.63) is 90.2 Å². The Hall–Kier alpha value is -4.26. The van der Waals surface area contributed by atoms with E-state index in [2.05, 4.69) is 25.4 Å². The molecule has 0 radical (unpaired) electrons. The lowest BCUT2D eigenvalue weighted by molar-refractivity contribution is 0.394. The first-order valence-corrected chi connectivity index (χ1v) is 10.3. The number of benzene rings is 2. The fourth-order valence-corrected chi connectivity index (χ4v) is 3.50. The molecule has 0 spiro atoms. The number of hydrogen-bond acceptors (Lipinski definition) is 7. The molecule has 158 valence electrons. The predicted octanol–water partition coefficient (Wildman–Crippen LogP) is 5.70. The minimum absolute atomic E-state index is 0.526. The Kier molecular flexibility index (Phi) is 5.21. The van der Waals surface area contributed by atoms with Crippen LogP contribution in [0, 0.1) is 13.8 Å². The third-order valence-corrected chi connectivity index (χ3v) is 5.22. The smallest absolute Gasteiger partial charge is 0.223 e. The number of fused-ring (bicyclic) bond motifs is 1. The largest absolute Gasteiger partial charge is 0.456 e. The van der Waals surface area contributed by atoms with Gasteiger partial charge in [-0.2, -0.15) is 4.98 Å². The van der Waals surface area contributed by atoms with Gasteiger partial charge in [-0.05, 0) is 55.0 Å². The molecule has 0 unspecified atom stereocenters. The zero-order chi connectivity index (χ0) is 21.9. The number of pyridine rings is 2. The molecule has 1 N–H and O–H groups in total. The maximum atomic E-state index is 6.33. The van der Waals surface area contributed by atoms with Crippen molar-refractivity contribution in [2.45, 2.75) is 20.4 Å². The quantitative estimate of drug-likeness (QED) is 0.375. The van der Waals surface area contributed by atoms with E-state index >= 15 is 0 Å². The average Bonchev–Trinajstić information content (AvgIpc) is 3.26. The normalized spacial score (nSPS) is 10.9. The molecule has 0 saturated heterocycles. The second kappa shape index (κ2) is 8.47. The average molecular weight is 423 g/mol. The Morgan fingerprint density at radius 3 is 2.62 bits per heavy atom. The Balaban J connectivity index is 1.41. The van der Waals surface area contributed by atoms with Crippen LogP contribution in [0.5, 0.6) is 11.5 Å². The summed E-state index contributed by atoms with van der Waals surface area (Å²) < 4.78 is 11.4. The number of nitrogens with zero attached hydrogens (tertiary/aromatic N) is 4. The number of aromatic nitrogens is 4. The standard InChI is InChI=1S/C25H21N5O2/c1-16-21(28-15-18-8-11-26-12-9-18)4-3-5-23(16)31-24-10-13-27-22-14-19(6-7-20(22)24)25-29-17(2)32-30-25/h3-14,28H,15H2,1-2H3. The fraction of sp³-hybridized carbons (Fsp3) is 0.120. The monoisotopic (exact) mass is 423 g/mol. The van der Waals surface area contributed by atoms with Crippen LogP contribution in [-0.2, 0) is 6.54 Å². The van der Waals surface area contributed by atoms with Crippen molar-refractivity contribution in [2.24, 2.45) is 0 Å². The van der Waals surface area contributed by atoms with Crippen LogP contribution in [0.15, 0.2) is 77.7 Å². The van der Waals surface area contributed by atoms with Gasteiger partial charge in [-0.1, -0.05) is 17.3 Å². The maximum absolute atomic E-state index is 6.33. The molecule has 3 heterocycles. The molecule has 0 saturated carbocycles. The van der Waals surface area contributed by atoms with Crippen molar-refractivity contribution >= 4 is 16.6 Å². The summed E-state index contributed by atoms with van der Waals surface area (Å²) in [7, 11) is 0. The first-order chi connectivity index (χ1) is 15.7. The van der Waals surface area contributed by atoms with Gasteiger partial charge in [0.2, 0.25) is 11.7 Å². The summed E-state index contributed by atoms with van der Waals surface area (Å²) in [6.07, 6.45) is 5.33. The van der Waals surface area contributed by atoms with Crippen LogP contribution < -0.4 is 10.1 Å². The topological polar surface area (TPSA) is 86.0 Å². The molecule has 0 aliphatic heterocycles. The lowest BCUT2D eigenvalue weighted by Crippen LogP contribution is -2.02. The molecule has 5 aromatic rings. The Labute approximate surface area is 185 Å². The van der Waals surface area contributed by atoms with Crippen LogP contribution in [0.3, 0.4) is 0 Å². The van der Waals surface area contributed by atoms with Crippen molar-refractivity contribution in [3.63, 3.8) is 0 Å². The number of rotatable bonds is 6. The molecule has 0 fully saturated rings. The van der Waals surface area contributed by atoms with Gasteiger partial charge in [0, 0.05) is 54.3 Å². The molecule has 7 nitrogen and oxygen atoms in total. The Morgan fingerprint density at radius 2 is 1.81 bits per heavy atom. The highest BCUT2D eigenvalue weighted by Crippen LogP contribution is 2.34. The van der Waals surface area contributed by atoms with E-state index in [0.717, 1.165) is 39.2 Å². The first-order valence-electron chi connectivity index (χ1n) is 10.3. The Morgan fingerprint density at radius 1 is 0.938 bits per heavy atom. The molecular formula is C25H21N5O2. The van der Waals surface area contributed by atoms with Gasteiger partial charge in [0.25, 0.3) is 0 Å². The molecule has 0 aliphatic rings. The molecular weight excluding hydrogens is 402 g/mol. The van der Waals surface area contributed by atoms with E-state index in [-0.39, 0.29) is 0 Å². The summed E-state index contributed by atoms with van der Waals surface area (Å²) in [5.41, 5.74) is 4.86. The highest BCUT2D eigenvalue weighted by molar-refractivity contribution is 5.88. The number of ether oxygens (including phenoxy) is 1. The summed E-state index contributed by atoms with van der Waals surface area (Å²) in [5, 5.41) is 8.37. The molecule has 0 amide bonds. The molecule has 2 aromatic carbocycles. The van der Waals surface area contributed by atoms with Gasteiger partial charge in [-0.25, -0.2) is 0 Å². The summed E-state index contributed by atoms with van der Waals surface area (Å²) in [4.78, 5) is 12.9. The maximum Gasteiger partial charge on any atom is 0.223 e. The first kappa shape index (κ1) is 19.7. The van der Waals surface area contributed by atoms with Crippen molar-refractivity contribution in [1.82, 2.24) is 20.1 Å². The van der Waals surface area contributed by atoms with Gasteiger partial charge >= 0.3 is 0 Å². The molecule has 5 rings (SSSR count). The molecule has 3 aromatic heterocycles. The van der Waals surface area contributed by atoms with Crippen LogP contribution in [0.1, 0.15) is 17.0 Å². The number of aryl methyl sites for hydroxylation is 1. The minimum atomic E-state index is 0.526. The Bertz CT molecular complexity index is 1380. The van der Waals surface area contributed by atoms with E-state index in [0.29, 0.717) is 18.3 Å².